The number of hydrogen-bond acceptors (Lipinski definition) is 2. The van der Waals surface area contributed by atoms with E-state index in [1.165, 1.54) is 0 Å². The van der Waals surface area contributed by atoms with E-state index in [1.807, 2.05) is 4.93 Å². The molecule has 0 aliphatic rings. The van der Waals surface area contributed by atoms with Crippen molar-refractivity contribution in [3.8, 4) is 0 Å². The van der Waals surface area contributed by atoms with Gasteiger partial charge in [0.05, 0.1) is 0 Å². The predicted octanol–water partition coefficient (Wildman–Crippen LogP) is 2.45. The topological polar surface area (TPSA) is 12.5 Å². The molecule has 0 radical (unpaired) electrons. The molecule has 76 valence electrons. The van der Waals surface area contributed by atoms with E-state index in [4.69, 9.17) is 4.43 Å². The van der Waals surface area contributed by atoms with Crippen molar-refractivity contribution in [3.05, 3.63) is 0 Å². The molecular weight excluding hydrogens is 281 g/mol. The summed E-state index contributed by atoms with van der Waals surface area (Å²) in [6.07, 6.45) is 0. The van der Waals surface area contributed by atoms with Gasteiger partial charge in [0.1, 0.15) is 0 Å². The summed E-state index contributed by atoms with van der Waals surface area (Å²) in [4.78, 5) is 4.11. The second-order valence-corrected chi connectivity index (χ2v) is 8.28. The summed E-state index contributed by atoms with van der Waals surface area (Å²) in [5.41, 5.74) is 0. The number of likely N-dealkylation sites (N-methyl/N-ethyl adjacent to an activating group) is 1. The van der Waals surface area contributed by atoms with Crippen molar-refractivity contribution in [1.29, 1.82) is 0 Å². The summed E-state index contributed by atoms with van der Waals surface area (Å²) < 4.78 is 5.64. The smallest absolute Gasteiger partial charge is 0.183 e. The van der Waals surface area contributed by atoms with E-state index in [9.17, 15) is 0 Å². The molecule has 2 nitrogen and oxygen atoms in total. The fraction of sp³-hybridized carbons (Fsp3) is 1.00. The molecule has 0 bridgehead atoms. The van der Waals surface area contributed by atoms with Crippen molar-refractivity contribution in [1.82, 2.24) is 4.90 Å². The van der Waals surface area contributed by atoms with E-state index in [2.05, 4.69) is 61.2 Å². The van der Waals surface area contributed by atoms with Crippen molar-refractivity contribution < 1.29 is 4.43 Å². The van der Waals surface area contributed by atoms with Gasteiger partial charge in [-0.25, -0.2) is 0 Å². The summed E-state index contributed by atoms with van der Waals surface area (Å²) in [7, 11) is 2.88. The van der Waals surface area contributed by atoms with E-state index < -0.39 is 8.32 Å². The normalized spacial score (nSPS) is 11.0. The van der Waals surface area contributed by atoms with E-state index >= 15 is 0 Å². The summed E-state index contributed by atoms with van der Waals surface area (Å²) >= 11 is 2.15. The second-order valence-electron chi connectivity index (χ2n) is 3.76. The molecular formula is C8H22INOSi. The maximum absolute atomic E-state index is 5.64. The van der Waals surface area contributed by atoms with Gasteiger partial charge in [0.2, 0.25) is 0 Å². The first-order chi connectivity index (χ1) is 5.42. The molecule has 0 aromatic carbocycles. The highest BCUT2D eigenvalue weighted by Gasteiger charge is 2.12. The van der Waals surface area contributed by atoms with Gasteiger partial charge in [-0.15, -0.1) is 0 Å². The van der Waals surface area contributed by atoms with Gasteiger partial charge in [0.15, 0.2) is 8.32 Å². The Bertz CT molecular complexity index is 93.5. The van der Waals surface area contributed by atoms with Gasteiger partial charge in [0, 0.05) is 13.2 Å². The fourth-order valence-electron chi connectivity index (χ4n) is 0.534. The number of alkyl halides is 1. The van der Waals surface area contributed by atoms with Crippen molar-refractivity contribution in [2.24, 2.45) is 0 Å². The molecule has 12 heavy (non-hydrogen) atoms. The van der Waals surface area contributed by atoms with Crippen LogP contribution in [0.5, 0.6) is 0 Å². The first-order valence-electron chi connectivity index (χ1n) is 4.08. The van der Waals surface area contributed by atoms with Gasteiger partial charge in [-0.2, -0.15) is 0 Å². The highest BCUT2D eigenvalue weighted by Crippen LogP contribution is 2.01. The standard InChI is InChI=1S/C7H19NOSi.CH3I/c1-8(2)6-7-9-10(3,4)5;1-2/h6-7H2,1-5H3;1H3. The molecule has 0 rings (SSSR count). The van der Waals surface area contributed by atoms with Crippen molar-refractivity contribution >= 4 is 30.9 Å². The summed E-state index contributed by atoms with van der Waals surface area (Å²) in [6, 6.07) is 0. The van der Waals surface area contributed by atoms with Gasteiger partial charge in [-0.05, 0) is 38.7 Å². The lowest BCUT2D eigenvalue weighted by atomic mass is 10.6. The average Bonchev–Trinajstić information content (AvgIpc) is 1.88. The van der Waals surface area contributed by atoms with Crippen LogP contribution in [0.4, 0.5) is 0 Å². The Morgan fingerprint density at radius 1 is 1.17 bits per heavy atom. The van der Waals surface area contributed by atoms with Crippen LogP contribution in [0.3, 0.4) is 0 Å². The molecule has 0 atom stereocenters. The van der Waals surface area contributed by atoms with Crippen molar-refractivity contribution in [2.75, 3.05) is 32.2 Å². The van der Waals surface area contributed by atoms with Crippen LogP contribution < -0.4 is 0 Å². The summed E-state index contributed by atoms with van der Waals surface area (Å²) in [5.74, 6) is 0. The maximum Gasteiger partial charge on any atom is 0.183 e. The van der Waals surface area contributed by atoms with Gasteiger partial charge >= 0.3 is 0 Å². The lowest BCUT2D eigenvalue weighted by Crippen LogP contribution is -2.29. The van der Waals surface area contributed by atoms with E-state index in [1.54, 1.807) is 0 Å². The third kappa shape index (κ3) is 17.1. The lowest BCUT2D eigenvalue weighted by Gasteiger charge is -2.18. The molecule has 0 saturated heterocycles. The summed E-state index contributed by atoms with van der Waals surface area (Å²) in [6.45, 7) is 8.54. The molecule has 4 heteroatoms. The zero-order valence-corrected chi connectivity index (χ0v) is 12.3. The molecule has 0 fully saturated rings. The third-order valence-corrected chi connectivity index (χ3v) is 2.14. The number of nitrogens with zero attached hydrogens (tertiary/aromatic N) is 1. The first-order valence-corrected chi connectivity index (χ1v) is 9.65. The Morgan fingerprint density at radius 2 is 1.58 bits per heavy atom. The predicted molar refractivity (Wildman–Crippen MR) is 67.8 cm³/mol. The highest BCUT2D eigenvalue weighted by molar-refractivity contribution is 14.1. The van der Waals surface area contributed by atoms with Gasteiger partial charge in [-0.3, -0.25) is 0 Å². The van der Waals surface area contributed by atoms with Crippen LogP contribution in [0, 0.1) is 0 Å². The summed E-state index contributed by atoms with van der Waals surface area (Å²) in [5, 5.41) is 0. The minimum atomic E-state index is -1.25. The quantitative estimate of drug-likeness (QED) is 0.449. The van der Waals surface area contributed by atoms with E-state index in [0.717, 1.165) is 13.2 Å². The molecule has 0 heterocycles. The Balaban J connectivity index is 0. The van der Waals surface area contributed by atoms with Crippen molar-refractivity contribution in [2.45, 2.75) is 19.6 Å². The Labute approximate surface area is 91.9 Å². The Kier molecular flexibility index (Phi) is 10.8. The molecule has 0 aromatic rings. The monoisotopic (exact) mass is 303 g/mol. The maximum atomic E-state index is 5.64. The second kappa shape index (κ2) is 8.46. The third-order valence-electron chi connectivity index (χ3n) is 1.07. The molecule has 0 aliphatic carbocycles. The van der Waals surface area contributed by atoms with Gasteiger partial charge < -0.3 is 9.33 Å². The number of rotatable bonds is 4. The number of halogens is 1. The minimum Gasteiger partial charge on any atom is -0.416 e. The van der Waals surface area contributed by atoms with Crippen LogP contribution in [0.25, 0.3) is 0 Å². The molecule has 0 aromatic heterocycles. The SMILES string of the molecule is CI.CN(C)CCO[Si](C)(C)C. The zero-order valence-electron chi connectivity index (χ0n) is 9.15. The number of hydrogen-bond donors (Lipinski definition) is 0. The average molecular weight is 303 g/mol. The lowest BCUT2D eigenvalue weighted by molar-refractivity contribution is 0.256. The van der Waals surface area contributed by atoms with Crippen LogP contribution in [0.1, 0.15) is 0 Å². The van der Waals surface area contributed by atoms with E-state index in [-0.39, 0.29) is 0 Å². The van der Waals surface area contributed by atoms with E-state index in [0.29, 0.717) is 0 Å². The molecule has 0 saturated carbocycles. The van der Waals surface area contributed by atoms with Crippen molar-refractivity contribution in [3.63, 3.8) is 0 Å². The Hall–Kier alpha value is 0.867. The minimum absolute atomic E-state index is 0.878. The first kappa shape index (κ1) is 15.3. The molecule has 0 spiro atoms. The largest absolute Gasteiger partial charge is 0.416 e. The van der Waals surface area contributed by atoms with Crippen LogP contribution in [0.2, 0.25) is 19.6 Å². The molecule has 0 N–H and O–H groups in total. The Morgan fingerprint density at radius 3 is 1.83 bits per heavy atom. The van der Waals surface area contributed by atoms with Gasteiger partial charge in [0.25, 0.3) is 0 Å². The molecule has 0 unspecified atom stereocenters. The van der Waals surface area contributed by atoms with Crippen LogP contribution in [-0.2, 0) is 4.43 Å². The van der Waals surface area contributed by atoms with Crippen LogP contribution >= 0.6 is 22.6 Å². The van der Waals surface area contributed by atoms with Gasteiger partial charge in [-0.1, -0.05) is 22.6 Å². The highest BCUT2D eigenvalue weighted by atomic mass is 127. The molecule has 0 aliphatic heterocycles. The zero-order chi connectivity index (χ0) is 10.2. The molecule has 0 amide bonds. The van der Waals surface area contributed by atoms with Crippen LogP contribution in [-0.4, -0.2) is 45.4 Å². The fourth-order valence-corrected chi connectivity index (χ4v) is 1.24. The van der Waals surface area contributed by atoms with Crippen LogP contribution in [0.15, 0.2) is 0 Å².